The zero-order chi connectivity index (χ0) is 12.8. The maximum atomic E-state index is 4.08. The Morgan fingerprint density at radius 3 is 2.83 bits per heavy atom. The van der Waals surface area contributed by atoms with Crippen LogP contribution in [0.5, 0.6) is 0 Å². The average molecular weight is 247 g/mol. The Morgan fingerprint density at radius 2 is 2.17 bits per heavy atom. The molecule has 0 saturated carbocycles. The Kier molecular flexibility index (Phi) is 4.72. The highest BCUT2D eigenvalue weighted by atomic mass is 14.9. The van der Waals surface area contributed by atoms with Crippen molar-refractivity contribution in [2.45, 2.75) is 32.1 Å². The van der Waals surface area contributed by atoms with E-state index >= 15 is 0 Å². The molecule has 1 aromatic heterocycles. The van der Waals surface area contributed by atoms with E-state index in [0.29, 0.717) is 0 Å². The second-order valence-corrected chi connectivity index (χ2v) is 5.94. The third-order valence-corrected chi connectivity index (χ3v) is 3.92. The molecule has 2 rings (SSSR count). The van der Waals surface area contributed by atoms with E-state index in [4.69, 9.17) is 0 Å². The van der Waals surface area contributed by atoms with Crippen molar-refractivity contribution in [2.75, 3.05) is 26.2 Å². The van der Waals surface area contributed by atoms with Gasteiger partial charge in [-0.2, -0.15) is 0 Å². The Bertz CT molecular complexity index is 342. The lowest BCUT2D eigenvalue weighted by atomic mass is 9.85. The van der Waals surface area contributed by atoms with Gasteiger partial charge in [0.15, 0.2) is 0 Å². The van der Waals surface area contributed by atoms with Crippen LogP contribution in [0.25, 0.3) is 0 Å². The summed E-state index contributed by atoms with van der Waals surface area (Å²) in [7, 11) is 0. The number of hydrogen-bond donors (Lipinski definition) is 2. The van der Waals surface area contributed by atoms with Crippen molar-refractivity contribution in [3.63, 3.8) is 0 Å². The van der Waals surface area contributed by atoms with Crippen LogP contribution in [0.15, 0.2) is 24.5 Å². The number of nitrogens with one attached hydrogen (secondary N) is 2. The van der Waals surface area contributed by atoms with Crippen LogP contribution in [-0.4, -0.2) is 31.2 Å². The molecule has 0 amide bonds. The largest absolute Gasteiger partial charge is 0.316 e. The van der Waals surface area contributed by atoms with Crippen LogP contribution in [0.2, 0.25) is 0 Å². The van der Waals surface area contributed by atoms with E-state index in [1.54, 1.807) is 0 Å². The molecule has 1 atom stereocenters. The molecule has 18 heavy (non-hydrogen) atoms. The van der Waals surface area contributed by atoms with Crippen molar-refractivity contribution in [1.29, 1.82) is 0 Å². The van der Waals surface area contributed by atoms with Gasteiger partial charge in [0.05, 0.1) is 0 Å². The van der Waals surface area contributed by atoms with Crippen molar-refractivity contribution in [3.8, 4) is 0 Å². The number of rotatable bonds is 6. The van der Waals surface area contributed by atoms with E-state index in [-0.39, 0.29) is 5.41 Å². The SMILES string of the molecule is CC(C)(CNCCC1CCNC1)c1ccncc1. The molecule has 3 nitrogen and oxygen atoms in total. The van der Waals surface area contributed by atoms with Gasteiger partial charge in [0.2, 0.25) is 0 Å². The van der Waals surface area contributed by atoms with Gasteiger partial charge in [0, 0.05) is 24.4 Å². The molecule has 0 bridgehead atoms. The van der Waals surface area contributed by atoms with Gasteiger partial charge in [-0.25, -0.2) is 0 Å². The number of pyridine rings is 1. The second kappa shape index (κ2) is 6.30. The maximum Gasteiger partial charge on any atom is 0.0270 e. The van der Waals surface area contributed by atoms with Gasteiger partial charge in [0.1, 0.15) is 0 Å². The Hall–Kier alpha value is -0.930. The van der Waals surface area contributed by atoms with E-state index in [9.17, 15) is 0 Å². The van der Waals surface area contributed by atoms with E-state index in [0.717, 1.165) is 19.0 Å². The van der Waals surface area contributed by atoms with Gasteiger partial charge in [-0.1, -0.05) is 13.8 Å². The van der Waals surface area contributed by atoms with Crippen LogP contribution < -0.4 is 10.6 Å². The maximum absolute atomic E-state index is 4.08. The molecule has 1 saturated heterocycles. The van der Waals surface area contributed by atoms with Gasteiger partial charge in [-0.05, 0) is 56.1 Å². The van der Waals surface area contributed by atoms with E-state index in [1.165, 1.54) is 31.5 Å². The van der Waals surface area contributed by atoms with E-state index < -0.39 is 0 Å². The first-order valence-corrected chi connectivity index (χ1v) is 7.00. The first-order chi connectivity index (χ1) is 8.68. The molecular formula is C15H25N3. The third-order valence-electron chi connectivity index (χ3n) is 3.92. The van der Waals surface area contributed by atoms with Crippen molar-refractivity contribution in [3.05, 3.63) is 30.1 Å². The van der Waals surface area contributed by atoms with Crippen LogP contribution in [0.3, 0.4) is 0 Å². The normalized spacial score (nSPS) is 20.2. The van der Waals surface area contributed by atoms with Crippen molar-refractivity contribution in [1.82, 2.24) is 15.6 Å². The summed E-state index contributed by atoms with van der Waals surface area (Å²) in [6, 6.07) is 4.23. The first kappa shape index (κ1) is 13.5. The fraction of sp³-hybridized carbons (Fsp3) is 0.667. The van der Waals surface area contributed by atoms with Crippen molar-refractivity contribution >= 4 is 0 Å². The van der Waals surface area contributed by atoms with Gasteiger partial charge in [-0.15, -0.1) is 0 Å². The Balaban J connectivity index is 1.71. The predicted molar refractivity (Wildman–Crippen MR) is 75.7 cm³/mol. The highest BCUT2D eigenvalue weighted by Crippen LogP contribution is 2.21. The summed E-state index contributed by atoms with van der Waals surface area (Å²) in [5, 5.41) is 7.02. The lowest BCUT2D eigenvalue weighted by Gasteiger charge is -2.26. The summed E-state index contributed by atoms with van der Waals surface area (Å²) >= 11 is 0. The summed E-state index contributed by atoms with van der Waals surface area (Å²) in [4.78, 5) is 4.08. The molecule has 3 heteroatoms. The molecule has 0 spiro atoms. The van der Waals surface area contributed by atoms with Gasteiger partial charge in [0.25, 0.3) is 0 Å². The number of hydrogen-bond acceptors (Lipinski definition) is 3. The fourth-order valence-corrected chi connectivity index (χ4v) is 2.57. The molecule has 1 aliphatic rings. The highest BCUT2D eigenvalue weighted by Gasteiger charge is 2.20. The summed E-state index contributed by atoms with van der Waals surface area (Å²) < 4.78 is 0. The lowest BCUT2D eigenvalue weighted by Crippen LogP contribution is -2.34. The molecule has 1 unspecified atom stereocenters. The van der Waals surface area contributed by atoms with Gasteiger partial charge < -0.3 is 10.6 Å². The molecule has 0 radical (unpaired) electrons. The van der Waals surface area contributed by atoms with E-state index in [1.807, 2.05) is 12.4 Å². The van der Waals surface area contributed by atoms with Crippen LogP contribution in [0.4, 0.5) is 0 Å². The topological polar surface area (TPSA) is 37.0 Å². The van der Waals surface area contributed by atoms with Crippen molar-refractivity contribution < 1.29 is 0 Å². The minimum atomic E-state index is 0.177. The predicted octanol–water partition coefficient (Wildman–Crippen LogP) is 1.95. The monoisotopic (exact) mass is 247 g/mol. The van der Waals surface area contributed by atoms with Gasteiger partial charge >= 0.3 is 0 Å². The minimum absolute atomic E-state index is 0.177. The van der Waals surface area contributed by atoms with Crippen LogP contribution in [-0.2, 0) is 5.41 Å². The molecule has 1 aliphatic heterocycles. The molecular weight excluding hydrogens is 222 g/mol. The fourth-order valence-electron chi connectivity index (χ4n) is 2.57. The van der Waals surface area contributed by atoms with Gasteiger partial charge in [-0.3, -0.25) is 4.98 Å². The molecule has 1 aromatic rings. The van der Waals surface area contributed by atoms with Crippen LogP contribution >= 0.6 is 0 Å². The van der Waals surface area contributed by atoms with E-state index in [2.05, 4.69) is 41.6 Å². The van der Waals surface area contributed by atoms with Crippen molar-refractivity contribution in [2.24, 2.45) is 5.92 Å². The minimum Gasteiger partial charge on any atom is -0.316 e. The molecule has 1 fully saturated rings. The third kappa shape index (κ3) is 3.79. The van der Waals surface area contributed by atoms with Crippen LogP contribution in [0, 0.1) is 5.92 Å². The second-order valence-electron chi connectivity index (χ2n) is 5.94. The molecule has 2 N–H and O–H groups in total. The number of aromatic nitrogens is 1. The highest BCUT2D eigenvalue weighted by molar-refractivity contribution is 5.20. The zero-order valence-corrected chi connectivity index (χ0v) is 11.6. The molecule has 0 aliphatic carbocycles. The average Bonchev–Trinajstić information content (AvgIpc) is 2.89. The Morgan fingerprint density at radius 1 is 1.39 bits per heavy atom. The molecule has 2 heterocycles. The summed E-state index contributed by atoms with van der Waals surface area (Å²) in [6.07, 6.45) is 6.39. The smallest absolute Gasteiger partial charge is 0.0270 e. The summed E-state index contributed by atoms with van der Waals surface area (Å²) in [6.45, 7) is 9.12. The Labute approximate surface area is 110 Å². The standard InChI is InChI=1S/C15H25N3/c1-15(2,14-5-9-16-10-6-14)12-18-8-4-13-3-7-17-11-13/h5-6,9-10,13,17-18H,3-4,7-8,11-12H2,1-2H3. The van der Waals surface area contributed by atoms with Crippen LogP contribution in [0.1, 0.15) is 32.3 Å². The zero-order valence-electron chi connectivity index (χ0n) is 11.6. The quantitative estimate of drug-likeness (QED) is 0.754. The summed E-state index contributed by atoms with van der Waals surface area (Å²) in [5.41, 5.74) is 1.53. The molecule has 100 valence electrons. The lowest BCUT2D eigenvalue weighted by molar-refractivity contribution is 0.437. The molecule has 0 aromatic carbocycles. The number of nitrogens with zero attached hydrogens (tertiary/aromatic N) is 1. The first-order valence-electron chi connectivity index (χ1n) is 7.00. The summed E-state index contributed by atoms with van der Waals surface area (Å²) in [5.74, 6) is 0.876.